The van der Waals surface area contributed by atoms with Crippen molar-refractivity contribution < 1.29 is 0 Å². The van der Waals surface area contributed by atoms with Gasteiger partial charge < -0.3 is 0 Å². The van der Waals surface area contributed by atoms with Gasteiger partial charge in [-0.05, 0) is 30.9 Å². The third-order valence-electron chi connectivity index (χ3n) is 3.89. The van der Waals surface area contributed by atoms with E-state index in [1.54, 1.807) is 0 Å². The molecule has 0 unspecified atom stereocenters. The molecular formula is C19H18N4. The zero-order valence-electron chi connectivity index (χ0n) is 13.1. The van der Waals surface area contributed by atoms with Crippen molar-refractivity contribution in [2.24, 2.45) is 0 Å². The second-order valence-corrected chi connectivity index (χ2v) is 5.63. The molecule has 0 aliphatic carbocycles. The number of hydrogen-bond acceptors (Lipinski definition) is 3. The summed E-state index contributed by atoms with van der Waals surface area (Å²) in [7, 11) is 0. The number of aryl methyl sites for hydroxylation is 2. The third-order valence-corrected chi connectivity index (χ3v) is 3.89. The quantitative estimate of drug-likeness (QED) is 0.726. The van der Waals surface area contributed by atoms with Crippen molar-refractivity contribution in [3.05, 3.63) is 82.7 Å². The highest BCUT2D eigenvalue weighted by atomic mass is 15.4. The minimum atomic E-state index is 0.424. The van der Waals surface area contributed by atoms with E-state index in [2.05, 4.69) is 59.7 Å². The first kappa shape index (κ1) is 15.0. The van der Waals surface area contributed by atoms with Gasteiger partial charge in [-0.25, -0.2) is 4.68 Å². The summed E-state index contributed by atoms with van der Waals surface area (Å²) < 4.78 is 1.84. The van der Waals surface area contributed by atoms with E-state index in [-0.39, 0.29) is 0 Å². The highest BCUT2D eigenvalue weighted by Crippen LogP contribution is 2.13. The molecule has 0 bridgehead atoms. The van der Waals surface area contributed by atoms with E-state index in [9.17, 15) is 5.26 Å². The number of aromatic nitrogens is 3. The van der Waals surface area contributed by atoms with Gasteiger partial charge in [0.15, 0.2) is 5.69 Å². The molecule has 4 nitrogen and oxygen atoms in total. The summed E-state index contributed by atoms with van der Waals surface area (Å²) in [4.78, 5) is 0. The van der Waals surface area contributed by atoms with Crippen LogP contribution in [0.25, 0.3) is 0 Å². The first-order valence-corrected chi connectivity index (χ1v) is 7.68. The molecule has 0 amide bonds. The molecule has 3 rings (SSSR count). The predicted octanol–water partition coefficient (Wildman–Crippen LogP) is 3.29. The number of nitriles is 1. The molecule has 0 aliphatic heterocycles. The van der Waals surface area contributed by atoms with Gasteiger partial charge in [0, 0.05) is 0 Å². The van der Waals surface area contributed by atoms with Crippen molar-refractivity contribution in [2.45, 2.75) is 26.3 Å². The van der Waals surface area contributed by atoms with E-state index in [1.807, 2.05) is 22.9 Å². The van der Waals surface area contributed by atoms with Crippen molar-refractivity contribution in [2.75, 3.05) is 0 Å². The lowest BCUT2D eigenvalue weighted by molar-refractivity contribution is 0.615. The summed E-state index contributed by atoms with van der Waals surface area (Å²) in [6.45, 7) is 2.71. The Kier molecular flexibility index (Phi) is 4.49. The maximum absolute atomic E-state index is 9.27. The Morgan fingerprint density at radius 2 is 1.70 bits per heavy atom. The number of hydrogen-bond donors (Lipinski definition) is 0. The van der Waals surface area contributed by atoms with E-state index in [0.717, 1.165) is 24.1 Å². The van der Waals surface area contributed by atoms with Crippen LogP contribution in [-0.2, 0) is 19.4 Å². The van der Waals surface area contributed by atoms with Gasteiger partial charge >= 0.3 is 0 Å². The zero-order valence-corrected chi connectivity index (χ0v) is 13.1. The van der Waals surface area contributed by atoms with Crippen molar-refractivity contribution in [3.8, 4) is 6.07 Å². The Labute approximate surface area is 136 Å². The minimum absolute atomic E-state index is 0.424. The third kappa shape index (κ3) is 3.64. The van der Waals surface area contributed by atoms with Crippen LogP contribution in [-0.4, -0.2) is 15.0 Å². The van der Waals surface area contributed by atoms with Crippen LogP contribution in [0.4, 0.5) is 0 Å². The molecule has 23 heavy (non-hydrogen) atoms. The summed E-state index contributed by atoms with van der Waals surface area (Å²) in [6, 6.07) is 20.8. The summed E-state index contributed by atoms with van der Waals surface area (Å²) >= 11 is 0. The lowest BCUT2D eigenvalue weighted by Gasteiger charge is -2.07. The average Bonchev–Trinajstić information content (AvgIpc) is 2.98. The first-order chi connectivity index (χ1) is 11.3. The predicted molar refractivity (Wildman–Crippen MR) is 88.9 cm³/mol. The maximum Gasteiger partial charge on any atom is 0.185 e. The Morgan fingerprint density at radius 1 is 0.957 bits per heavy atom. The van der Waals surface area contributed by atoms with Crippen LogP contribution in [0.3, 0.4) is 0 Å². The summed E-state index contributed by atoms with van der Waals surface area (Å²) in [5.74, 6) is 0. The molecule has 0 fully saturated rings. The van der Waals surface area contributed by atoms with Gasteiger partial charge in [-0.2, -0.15) is 5.26 Å². The van der Waals surface area contributed by atoms with E-state index in [1.165, 1.54) is 11.1 Å². The molecule has 1 aromatic heterocycles. The monoisotopic (exact) mass is 302 g/mol. The van der Waals surface area contributed by atoms with E-state index >= 15 is 0 Å². The van der Waals surface area contributed by atoms with Crippen molar-refractivity contribution >= 4 is 0 Å². The SMILES string of the molecule is Cc1ccc(Cn2nnc(C#N)c2CCc2ccccc2)cc1. The van der Waals surface area contributed by atoms with Crippen molar-refractivity contribution in [1.29, 1.82) is 5.26 Å². The van der Waals surface area contributed by atoms with Gasteiger partial charge in [-0.15, -0.1) is 5.10 Å². The molecule has 0 saturated heterocycles. The number of nitrogens with zero attached hydrogens (tertiary/aromatic N) is 4. The Balaban J connectivity index is 1.80. The van der Waals surface area contributed by atoms with Crippen LogP contribution in [0.2, 0.25) is 0 Å². The smallest absolute Gasteiger partial charge is 0.185 e. The van der Waals surface area contributed by atoms with Gasteiger partial charge in [0.05, 0.1) is 12.2 Å². The zero-order chi connectivity index (χ0) is 16.1. The summed E-state index contributed by atoms with van der Waals surface area (Å²) in [6.07, 6.45) is 1.63. The van der Waals surface area contributed by atoms with Gasteiger partial charge in [0.1, 0.15) is 6.07 Å². The second-order valence-electron chi connectivity index (χ2n) is 5.63. The van der Waals surface area contributed by atoms with Crippen LogP contribution in [0, 0.1) is 18.3 Å². The van der Waals surface area contributed by atoms with Gasteiger partial charge in [0.2, 0.25) is 0 Å². The van der Waals surface area contributed by atoms with E-state index in [4.69, 9.17) is 0 Å². The molecule has 0 saturated carbocycles. The topological polar surface area (TPSA) is 54.5 Å². The lowest BCUT2D eigenvalue weighted by atomic mass is 10.1. The maximum atomic E-state index is 9.27. The molecule has 1 heterocycles. The number of rotatable bonds is 5. The molecular weight excluding hydrogens is 284 g/mol. The lowest BCUT2D eigenvalue weighted by Crippen LogP contribution is -2.08. The molecule has 0 atom stereocenters. The molecule has 114 valence electrons. The fraction of sp³-hybridized carbons (Fsp3) is 0.211. The van der Waals surface area contributed by atoms with Crippen LogP contribution in [0.1, 0.15) is 28.1 Å². The van der Waals surface area contributed by atoms with Crippen molar-refractivity contribution in [3.63, 3.8) is 0 Å². The first-order valence-electron chi connectivity index (χ1n) is 7.68. The fourth-order valence-corrected chi connectivity index (χ4v) is 2.57. The highest BCUT2D eigenvalue weighted by molar-refractivity contribution is 5.28. The Hall–Kier alpha value is -2.93. The molecule has 0 N–H and O–H groups in total. The Bertz CT molecular complexity index is 811. The highest BCUT2D eigenvalue weighted by Gasteiger charge is 2.13. The molecule has 0 spiro atoms. The largest absolute Gasteiger partial charge is 0.244 e. The molecule has 2 aromatic carbocycles. The van der Waals surface area contributed by atoms with Crippen LogP contribution in [0.5, 0.6) is 0 Å². The molecule has 3 aromatic rings. The minimum Gasteiger partial charge on any atom is -0.244 e. The van der Waals surface area contributed by atoms with E-state index < -0.39 is 0 Å². The van der Waals surface area contributed by atoms with Crippen LogP contribution in [0.15, 0.2) is 54.6 Å². The standard InChI is InChI=1S/C19H18N4/c1-15-7-9-17(10-8-15)14-23-19(18(13-20)21-22-23)12-11-16-5-3-2-4-6-16/h2-10H,11-12,14H2,1H3. The average molecular weight is 302 g/mol. The van der Waals surface area contributed by atoms with Crippen LogP contribution >= 0.6 is 0 Å². The fourth-order valence-electron chi connectivity index (χ4n) is 2.57. The van der Waals surface area contributed by atoms with Gasteiger partial charge in [-0.3, -0.25) is 0 Å². The molecule has 0 aliphatic rings. The molecule has 4 heteroatoms. The molecule has 0 radical (unpaired) electrons. The van der Waals surface area contributed by atoms with Crippen molar-refractivity contribution in [1.82, 2.24) is 15.0 Å². The van der Waals surface area contributed by atoms with E-state index in [0.29, 0.717) is 12.2 Å². The van der Waals surface area contributed by atoms with Gasteiger partial charge in [-0.1, -0.05) is 65.4 Å². The van der Waals surface area contributed by atoms with Crippen LogP contribution < -0.4 is 0 Å². The normalized spacial score (nSPS) is 10.4. The second kappa shape index (κ2) is 6.89. The summed E-state index contributed by atoms with van der Waals surface area (Å²) in [5.41, 5.74) is 4.96. The number of benzene rings is 2. The summed E-state index contributed by atoms with van der Waals surface area (Å²) in [5, 5.41) is 17.4. The van der Waals surface area contributed by atoms with Gasteiger partial charge in [0.25, 0.3) is 0 Å². The Morgan fingerprint density at radius 3 is 2.39 bits per heavy atom.